The van der Waals surface area contributed by atoms with Gasteiger partial charge < -0.3 is 4.74 Å². The summed E-state index contributed by atoms with van der Waals surface area (Å²) in [5.41, 5.74) is 0.367. The molecule has 2 nitrogen and oxygen atoms in total. The summed E-state index contributed by atoms with van der Waals surface area (Å²) in [5.74, 6) is -0.386. The van der Waals surface area contributed by atoms with Gasteiger partial charge in [0.2, 0.25) is 0 Å². The average Bonchev–Trinajstić information content (AvgIpc) is 2.28. The predicted octanol–water partition coefficient (Wildman–Crippen LogP) is 4.73. The molecule has 4 heteroatoms. The molecule has 1 aromatic rings. The van der Waals surface area contributed by atoms with Gasteiger partial charge in [0.15, 0.2) is 0 Å². The average molecular weight is 275 g/mol. The van der Waals surface area contributed by atoms with Gasteiger partial charge in [-0.05, 0) is 24.6 Å². The van der Waals surface area contributed by atoms with E-state index in [9.17, 15) is 4.79 Å². The van der Waals surface area contributed by atoms with Crippen LogP contribution in [0.4, 0.5) is 0 Å². The number of hydrogen-bond donors (Lipinski definition) is 0. The number of carbonyl (C=O) groups excluding carboxylic acids is 1. The number of rotatable bonds is 6. The van der Waals surface area contributed by atoms with Gasteiger partial charge in [-0.3, -0.25) is 0 Å². The third kappa shape index (κ3) is 4.97. The van der Waals surface area contributed by atoms with Crippen LogP contribution in [-0.2, 0) is 4.74 Å². The van der Waals surface area contributed by atoms with Gasteiger partial charge in [0.25, 0.3) is 0 Å². The zero-order valence-corrected chi connectivity index (χ0v) is 11.4. The first-order chi connectivity index (χ1) is 8.15. The van der Waals surface area contributed by atoms with E-state index in [1.54, 1.807) is 12.1 Å². The first-order valence-electron chi connectivity index (χ1n) is 5.77. The summed E-state index contributed by atoms with van der Waals surface area (Å²) < 4.78 is 5.13. The Bertz CT molecular complexity index is 378. The van der Waals surface area contributed by atoms with Gasteiger partial charge in [0, 0.05) is 5.02 Å². The smallest absolute Gasteiger partial charge is 0.339 e. The summed E-state index contributed by atoms with van der Waals surface area (Å²) in [6.45, 7) is 2.58. The minimum Gasteiger partial charge on any atom is -0.462 e. The van der Waals surface area contributed by atoms with Gasteiger partial charge in [-0.1, -0.05) is 49.4 Å². The maximum absolute atomic E-state index is 11.7. The molecule has 0 radical (unpaired) electrons. The number of benzene rings is 1. The van der Waals surface area contributed by atoms with Gasteiger partial charge in [-0.2, -0.15) is 0 Å². The van der Waals surface area contributed by atoms with Crippen molar-refractivity contribution in [3.63, 3.8) is 0 Å². The Morgan fingerprint density at radius 1 is 1.24 bits per heavy atom. The van der Waals surface area contributed by atoms with Crippen LogP contribution in [0.5, 0.6) is 0 Å². The Labute approximate surface area is 112 Å². The van der Waals surface area contributed by atoms with E-state index in [1.165, 1.54) is 12.5 Å². The van der Waals surface area contributed by atoms with E-state index < -0.39 is 0 Å². The van der Waals surface area contributed by atoms with Crippen molar-refractivity contribution in [3.8, 4) is 0 Å². The highest BCUT2D eigenvalue weighted by Gasteiger charge is 2.11. The maximum atomic E-state index is 11.7. The van der Waals surface area contributed by atoms with E-state index in [0.29, 0.717) is 22.2 Å². The third-order valence-electron chi connectivity index (χ3n) is 2.38. The van der Waals surface area contributed by atoms with E-state index in [0.717, 1.165) is 19.3 Å². The van der Waals surface area contributed by atoms with Crippen molar-refractivity contribution in [1.29, 1.82) is 0 Å². The van der Waals surface area contributed by atoms with Gasteiger partial charge in [0.1, 0.15) is 0 Å². The monoisotopic (exact) mass is 274 g/mol. The Hall–Kier alpha value is -0.730. The summed E-state index contributed by atoms with van der Waals surface area (Å²) in [6.07, 6.45) is 4.30. The molecule has 0 bridgehead atoms. The highest BCUT2D eigenvalue weighted by molar-refractivity contribution is 6.36. The van der Waals surface area contributed by atoms with Gasteiger partial charge >= 0.3 is 5.97 Å². The molecule has 1 rings (SSSR count). The second-order valence-electron chi connectivity index (χ2n) is 3.82. The molecule has 0 heterocycles. The topological polar surface area (TPSA) is 26.3 Å². The highest BCUT2D eigenvalue weighted by atomic mass is 35.5. The molecular formula is C13H16Cl2O2. The summed E-state index contributed by atoms with van der Waals surface area (Å²) >= 11 is 11.6. The van der Waals surface area contributed by atoms with E-state index in [-0.39, 0.29) is 5.97 Å². The Balaban J connectivity index is 2.42. The van der Waals surface area contributed by atoms with Crippen molar-refractivity contribution >= 4 is 29.2 Å². The van der Waals surface area contributed by atoms with Gasteiger partial charge in [0.05, 0.1) is 17.2 Å². The number of hydrogen-bond acceptors (Lipinski definition) is 2. The zero-order valence-electron chi connectivity index (χ0n) is 9.84. The zero-order chi connectivity index (χ0) is 12.7. The van der Waals surface area contributed by atoms with Crippen molar-refractivity contribution in [2.45, 2.75) is 32.6 Å². The molecule has 0 amide bonds. The van der Waals surface area contributed by atoms with Crippen LogP contribution < -0.4 is 0 Å². The summed E-state index contributed by atoms with van der Waals surface area (Å²) in [6, 6.07) is 4.75. The van der Waals surface area contributed by atoms with E-state index >= 15 is 0 Å². The lowest BCUT2D eigenvalue weighted by Gasteiger charge is -2.06. The van der Waals surface area contributed by atoms with Gasteiger partial charge in [-0.15, -0.1) is 0 Å². The molecule has 17 heavy (non-hydrogen) atoms. The molecule has 0 aromatic heterocycles. The molecule has 0 aliphatic carbocycles. The first kappa shape index (κ1) is 14.3. The van der Waals surface area contributed by atoms with Crippen LogP contribution in [0, 0.1) is 0 Å². The van der Waals surface area contributed by atoms with Crippen molar-refractivity contribution in [2.75, 3.05) is 6.61 Å². The lowest BCUT2D eigenvalue weighted by molar-refractivity contribution is 0.0498. The van der Waals surface area contributed by atoms with E-state index in [2.05, 4.69) is 6.92 Å². The van der Waals surface area contributed by atoms with Crippen molar-refractivity contribution in [3.05, 3.63) is 33.8 Å². The molecule has 94 valence electrons. The molecule has 0 aliphatic rings. The first-order valence-corrected chi connectivity index (χ1v) is 6.53. The van der Waals surface area contributed by atoms with Crippen LogP contribution >= 0.6 is 23.2 Å². The minimum absolute atomic E-state index is 0.330. The maximum Gasteiger partial charge on any atom is 0.339 e. The van der Waals surface area contributed by atoms with E-state index in [1.807, 2.05) is 0 Å². The SMILES string of the molecule is CCCCCCOC(=O)c1ccc(Cl)cc1Cl. The molecule has 0 saturated heterocycles. The normalized spacial score (nSPS) is 10.3. The van der Waals surface area contributed by atoms with Crippen LogP contribution in [0.15, 0.2) is 18.2 Å². The number of ether oxygens (including phenoxy) is 1. The molecule has 0 fully saturated rings. The van der Waals surface area contributed by atoms with Crippen LogP contribution in [0.25, 0.3) is 0 Å². The van der Waals surface area contributed by atoms with Crippen molar-refractivity contribution < 1.29 is 9.53 Å². The fourth-order valence-electron chi connectivity index (χ4n) is 1.43. The fourth-order valence-corrected chi connectivity index (χ4v) is 1.91. The number of halogens is 2. The fraction of sp³-hybridized carbons (Fsp3) is 0.462. The molecule has 0 atom stereocenters. The van der Waals surface area contributed by atoms with Crippen molar-refractivity contribution in [2.24, 2.45) is 0 Å². The molecule has 0 saturated carbocycles. The van der Waals surface area contributed by atoms with Crippen molar-refractivity contribution in [1.82, 2.24) is 0 Å². The second-order valence-corrected chi connectivity index (χ2v) is 4.66. The number of unbranched alkanes of at least 4 members (excludes halogenated alkanes) is 3. The second kappa shape index (κ2) is 7.57. The molecule has 0 aliphatic heterocycles. The molecule has 0 unspecified atom stereocenters. The predicted molar refractivity (Wildman–Crippen MR) is 70.9 cm³/mol. The number of carbonyl (C=O) groups is 1. The molecular weight excluding hydrogens is 259 g/mol. The summed E-state index contributed by atoms with van der Waals surface area (Å²) in [7, 11) is 0. The Kier molecular flexibility index (Phi) is 6.38. The van der Waals surface area contributed by atoms with Crippen LogP contribution in [0.1, 0.15) is 43.0 Å². The third-order valence-corrected chi connectivity index (χ3v) is 2.93. The highest BCUT2D eigenvalue weighted by Crippen LogP contribution is 2.21. The lowest BCUT2D eigenvalue weighted by Crippen LogP contribution is -2.07. The standard InChI is InChI=1S/C13H16Cl2O2/c1-2-3-4-5-8-17-13(16)11-7-6-10(14)9-12(11)15/h6-7,9H,2-5,8H2,1H3. The summed E-state index contributed by atoms with van der Waals surface area (Å²) in [5, 5.41) is 0.838. The molecule has 0 spiro atoms. The van der Waals surface area contributed by atoms with E-state index in [4.69, 9.17) is 27.9 Å². The molecule has 0 N–H and O–H groups in total. The Morgan fingerprint density at radius 3 is 2.65 bits per heavy atom. The Morgan fingerprint density at radius 2 is 2.00 bits per heavy atom. The lowest BCUT2D eigenvalue weighted by atomic mass is 10.2. The summed E-state index contributed by atoms with van der Waals surface area (Å²) in [4.78, 5) is 11.7. The number of esters is 1. The van der Waals surface area contributed by atoms with Crippen LogP contribution in [0.2, 0.25) is 10.0 Å². The van der Waals surface area contributed by atoms with Crippen LogP contribution in [-0.4, -0.2) is 12.6 Å². The largest absolute Gasteiger partial charge is 0.462 e. The van der Waals surface area contributed by atoms with Crippen LogP contribution in [0.3, 0.4) is 0 Å². The molecule has 1 aromatic carbocycles. The van der Waals surface area contributed by atoms with Gasteiger partial charge in [-0.25, -0.2) is 4.79 Å². The minimum atomic E-state index is -0.386. The quantitative estimate of drug-likeness (QED) is 0.554.